The molecule has 0 radical (unpaired) electrons. The second-order valence-corrected chi connectivity index (χ2v) is 6.68. The highest BCUT2D eigenvalue weighted by molar-refractivity contribution is 6.31. The molecule has 4 rings (SSSR count). The molecular formula is C19H21ClN2O. The van der Waals surface area contributed by atoms with Crippen LogP contribution in [0, 0.1) is 0 Å². The molecule has 1 aliphatic heterocycles. The summed E-state index contributed by atoms with van der Waals surface area (Å²) < 4.78 is 7.81. The van der Waals surface area contributed by atoms with E-state index in [9.17, 15) is 0 Å². The SMILES string of the molecule is COc1ccc2c3ccc(Cl)cc3n(CCN3CCCC3)c2c1. The first kappa shape index (κ1) is 14.9. The van der Waals surface area contributed by atoms with Crippen molar-refractivity contribution in [2.75, 3.05) is 26.7 Å². The number of hydrogen-bond donors (Lipinski definition) is 0. The van der Waals surface area contributed by atoms with Crippen molar-refractivity contribution >= 4 is 33.4 Å². The predicted octanol–water partition coefficient (Wildman–Crippen LogP) is 4.55. The summed E-state index contributed by atoms with van der Waals surface area (Å²) in [5.41, 5.74) is 2.43. The molecule has 0 amide bonds. The third-order valence-corrected chi connectivity index (χ3v) is 5.11. The van der Waals surface area contributed by atoms with Crippen molar-refractivity contribution in [1.29, 1.82) is 0 Å². The number of aromatic nitrogens is 1. The summed E-state index contributed by atoms with van der Waals surface area (Å²) in [5, 5.41) is 3.31. The average molecular weight is 329 g/mol. The summed E-state index contributed by atoms with van der Waals surface area (Å²) in [5.74, 6) is 0.897. The lowest BCUT2D eigenvalue weighted by Gasteiger charge is -2.16. The zero-order valence-electron chi connectivity index (χ0n) is 13.4. The Kier molecular flexibility index (Phi) is 3.92. The van der Waals surface area contributed by atoms with Crippen molar-refractivity contribution in [2.24, 2.45) is 0 Å². The van der Waals surface area contributed by atoms with Gasteiger partial charge in [0.2, 0.25) is 0 Å². The van der Waals surface area contributed by atoms with Crippen LogP contribution in [-0.4, -0.2) is 36.2 Å². The Hall–Kier alpha value is -1.71. The summed E-state index contributed by atoms with van der Waals surface area (Å²) >= 11 is 6.26. The molecule has 0 unspecified atom stereocenters. The molecule has 0 atom stereocenters. The molecule has 3 aromatic rings. The molecular weight excluding hydrogens is 308 g/mol. The van der Waals surface area contributed by atoms with Crippen LogP contribution in [0.5, 0.6) is 5.75 Å². The minimum Gasteiger partial charge on any atom is -0.497 e. The molecule has 2 aromatic carbocycles. The number of fused-ring (bicyclic) bond motifs is 3. The lowest BCUT2D eigenvalue weighted by molar-refractivity contribution is 0.326. The smallest absolute Gasteiger partial charge is 0.120 e. The van der Waals surface area contributed by atoms with Crippen molar-refractivity contribution < 1.29 is 4.74 Å². The van der Waals surface area contributed by atoms with Crippen molar-refractivity contribution in [2.45, 2.75) is 19.4 Å². The van der Waals surface area contributed by atoms with Gasteiger partial charge in [0.15, 0.2) is 0 Å². The number of halogens is 1. The number of nitrogens with zero attached hydrogens (tertiary/aromatic N) is 2. The van der Waals surface area contributed by atoms with E-state index in [0.717, 1.165) is 23.9 Å². The molecule has 0 bridgehead atoms. The molecule has 2 heterocycles. The van der Waals surface area contributed by atoms with E-state index in [0.29, 0.717) is 0 Å². The third-order valence-electron chi connectivity index (χ3n) is 4.87. The topological polar surface area (TPSA) is 17.4 Å². The van der Waals surface area contributed by atoms with E-state index < -0.39 is 0 Å². The van der Waals surface area contributed by atoms with E-state index >= 15 is 0 Å². The summed E-state index contributed by atoms with van der Waals surface area (Å²) in [6.45, 7) is 4.51. The van der Waals surface area contributed by atoms with Gasteiger partial charge in [-0.05, 0) is 50.2 Å². The van der Waals surface area contributed by atoms with Crippen LogP contribution >= 0.6 is 11.6 Å². The highest BCUT2D eigenvalue weighted by atomic mass is 35.5. The summed E-state index contributed by atoms with van der Waals surface area (Å²) in [6, 6.07) is 12.5. The Labute approximate surface area is 141 Å². The molecule has 0 saturated carbocycles. The number of ether oxygens (including phenoxy) is 1. The molecule has 0 aliphatic carbocycles. The van der Waals surface area contributed by atoms with Gasteiger partial charge >= 0.3 is 0 Å². The maximum Gasteiger partial charge on any atom is 0.120 e. The Morgan fingerprint density at radius 2 is 1.65 bits per heavy atom. The van der Waals surface area contributed by atoms with Crippen LogP contribution in [0.3, 0.4) is 0 Å². The van der Waals surface area contributed by atoms with E-state index in [-0.39, 0.29) is 0 Å². The second kappa shape index (κ2) is 6.06. The number of benzene rings is 2. The lowest BCUT2D eigenvalue weighted by Crippen LogP contribution is -2.24. The minimum atomic E-state index is 0.787. The Morgan fingerprint density at radius 3 is 2.39 bits per heavy atom. The lowest BCUT2D eigenvalue weighted by atomic mass is 10.1. The Morgan fingerprint density at radius 1 is 0.957 bits per heavy atom. The Bertz CT molecular complexity index is 849. The van der Waals surface area contributed by atoms with Crippen molar-refractivity contribution in [1.82, 2.24) is 9.47 Å². The molecule has 1 aliphatic rings. The number of hydrogen-bond acceptors (Lipinski definition) is 2. The maximum absolute atomic E-state index is 6.26. The van der Waals surface area contributed by atoms with Gasteiger partial charge in [0.05, 0.1) is 18.1 Å². The maximum atomic E-state index is 6.26. The van der Waals surface area contributed by atoms with Gasteiger partial charge in [-0.2, -0.15) is 0 Å². The van der Waals surface area contributed by atoms with Crippen molar-refractivity contribution in [3.8, 4) is 5.75 Å². The molecule has 0 N–H and O–H groups in total. The van der Waals surface area contributed by atoms with E-state index in [4.69, 9.17) is 16.3 Å². The fourth-order valence-electron chi connectivity index (χ4n) is 3.66. The van der Waals surface area contributed by atoms with Gasteiger partial charge in [-0.15, -0.1) is 0 Å². The minimum absolute atomic E-state index is 0.787. The van der Waals surface area contributed by atoms with E-state index in [2.05, 4.69) is 33.7 Å². The number of rotatable bonds is 4. The highest BCUT2D eigenvalue weighted by Crippen LogP contribution is 2.33. The molecule has 120 valence electrons. The zero-order valence-corrected chi connectivity index (χ0v) is 14.1. The van der Waals surface area contributed by atoms with Gasteiger partial charge in [-0.1, -0.05) is 17.7 Å². The van der Waals surface area contributed by atoms with E-state index in [1.54, 1.807) is 7.11 Å². The molecule has 1 saturated heterocycles. The van der Waals surface area contributed by atoms with Gasteiger partial charge in [0.1, 0.15) is 5.75 Å². The van der Waals surface area contributed by atoms with E-state index in [1.807, 2.05) is 12.1 Å². The first-order valence-electron chi connectivity index (χ1n) is 8.24. The third kappa shape index (κ3) is 2.68. The van der Waals surface area contributed by atoms with Crippen LogP contribution < -0.4 is 4.74 Å². The highest BCUT2D eigenvalue weighted by Gasteiger charge is 2.15. The molecule has 0 spiro atoms. The predicted molar refractivity (Wildman–Crippen MR) is 96.7 cm³/mol. The van der Waals surface area contributed by atoms with Crippen LogP contribution in [0.15, 0.2) is 36.4 Å². The molecule has 1 fully saturated rings. The van der Waals surface area contributed by atoms with Crippen LogP contribution in [0.25, 0.3) is 21.8 Å². The number of methoxy groups -OCH3 is 1. The largest absolute Gasteiger partial charge is 0.497 e. The first-order chi connectivity index (χ1) is 11.3. The van der Waals surface area contributed by atoms with Gasteiger partial charge in [-0.3, -0.25) is 0 Å². The quantitative estimate of drug-likeness (QED) is 0.699. The van der Waals surface area contributed by atoms with Crippen LogP contribution in [0.1, 0.15) is 12.8 Å². The van der Waals surface area contributed by atoms with Gasteiger partial charge < -0.3 is 14.2 Å². The fraction of sp³-hybridized carbons (Fsp3) is 0.368. The molecule has 23 heavy (non-hydrogen) atoms. The van der Waals surface area contributed by atoms with Crippen molar-refractivity contribution in [3.05, 3.63) is 41.4 Å². The second-order valence-electron chi connectivity index (χ2n) is 6.24. The summed E-state index contributed by atoms with van der Waals surface area (Å²) in [7, 11) is 1.72. The van der Waals surface area contributed by atoms with Gasteiger partial charge in [0.25, 0.3) is 0 Å². The molecule has 4 heteroatoms. The number of likely N-dealkylation sites (tertiary alicyclic amines) is 1. The van der Waals surface area contributed by atoms with Crippen LogP contribution in [0.2, 0.25) is 5.02 Å². The standard InChI is InChI=1S/C19H21ClN2O/c1-23-15-5-7-17-16-6-4-14(20)12-18(16)22(19(17)13-15)11-10-21-8-2-3-9-21/h4-7,12-13H,2-3,8-11H2,1H3. The zero-order chi connectivity index (χ0) is 15.8. The Balaban J connectivity index is 1.83. The molecule has 1 aromatic heterocycles. The fourth-order valence-corrected chi connectivity index (χ4v) is 3.83. The average Bonchev–Trinajstić information content (AvgIpc) is 3.18. The summed E-state index contributed by atoms with van der Waals surface area (Å²) in [6.07, 6.45) is 2.65. The first-order valence-corrected chi connectivity index (χ1v) is 8.62. The summed E-state index contributed by atoms with van der Waals surface area (Å²) in [4.78, 5) is 2.54. The van der Waals surface area contributed by atoms with Crippen LogP contribution in [0.4, 0.5) is 0 Å². The normalized spacial score (nSPS) is 15.7. The van der Waals surface area contributed by atoms with Crippen LogP contribution in [-0.2, 0) is 6.54 Å². The monoisotopic (exact) mass is 328 g/mol. The van der Waals surface area contributed by atoms with Crippen molar-refractivity contribution in [3.63, 3.8) is 0 Å². The van der Waals surface area contributed by atoms with Gasteiger partial charge in [0, 0.05) is 35.0 Å². The van der Waals surface area contributed by atoms with Gasteiger partial charge in [-0.25, -0.2) is 0 Å². The van der Waals surface area contributed by atoms with E-state index in [1.165, 1.54) is 47.7 Å². The molecule has 3 nitrogen and oxygen atoms in total.